The van der Waals surface area contributed by atoms with Crippen LogP contribution in [0.15, 0.2) is 48.5 Å². The minimum Gasteiger partial charge on any atom is -0.399 e. The third-order valence-electron chi connectivity index (χ3n) is 9.00. The number of carbonyl (C=O) groups excluding carboxylic acids is 2. The van der Waals surface area contributed by atoms with E-state index in [-0.39, 0.29) is 17.7 Å². The highest BCUT2D eigenvalue weighted by atomic mass is 16.2. The van der Waals surface area contributed by atoms with Gasteiger partial charge in [0.2, 0.25) is 11.8 Å². The predicted octanol–water partition coefficient (Wildman–Crippen LogP) is 4.34. The van der Waals surface area contributed by atoms with E-state index in [4.69, 9.17) is 5.73 Å². The van der Waals surface area contributed by atoms with Crippen LogP contribution in [0.1, 0.15) is 61.6 Å². The molecule has 0 radical (unpaired) electrons. The summed E-state index contributed by atoms with van der Waals surface area (Å²) in [6, 6.07) is 17.2. The highest BCUT2D eigenvalue weighted by molar-refractivity contribution is 6.00. The molecule has 6 rings (SSSR count). The van der Waals surface area contributed by atoms with Gasteiger partial charge in [0.1, 0.15) is 0 Å². The number of hydrogen-bond donors (Lipinski definition) is 2. The van der Waals surface area contributed by atoms with Crippen molar-refractivity contribution in [2.24, 2.45) is 17.8 Å². The molecule has 0 aromatic heterocycles. The number of amides is 2. The van der Waals surface area contributed by atoms with Gasteiger partial charge >= 0.3 is 0 Å². The van der Waals surface area contributed by atoms with E-state index in [1.807, 2.05) is 43.3 Å². The number of hydrogen-bond acceptors (Lipinski definition) is 5. The summed E-state index contributed by atoms with van der Waals surface area (Å²) in [5, 5.41) is 2.36. The maximum atomic E-state index is 11.6. The molecule has 3 N–H and O–H groups in total. The largest absolute Gasteiger partial charge is 0.399 e. The van der Waals surface area contributed by atoms with Gasteiger partial charge in [-0.2, -0.15) is 0 Å². The smallest absolute Gasteiger partial charge is 0.234 e. The standard InChI is InChI=1S/C19H29N3.C12H13NO2/c1-2-14-7-19(8-14)22-12-16-10-21(11-17(16)13-22)9-15-3-5-18(20)6-4-15;1-8-2-4-9(5-3-8)10-6-7-11(14)13-12(10)15/h3-6,14,16-17,19H,2,7-13,20H2,1H3;2-5,10H,6-7H2,1H3,(H,13,14,15). The van der Waals surface area contributed by atoms with Crippen LogP contribution < -0.4 is 11.1 Å². The maximum Gasteiger partial charge on any atom is 0.234 e. The van der Waals surface area contributed by atoms with Crippen molar-refractivity contribution >= 4 is 17.5 Å². The number of aryl methyl sites for hydroxylation is 1. The Hall–Kier alpha value is -2.70. The van der Waals surface area contributed by atoms with Crippen LogP contribution in [-0.2, 0) is 16.1 Å². The molecule has 1 aliphatic carbocycles. The van der Waals surface area contributed by atoms with Crippen molar-refractivity contribution in [2.75, 3.05) is 31.9 Å². The average Bonchev–Trinajstić information content (AvgIpc) is 3.40. The molecule has 2 amide bonds. The van der Waals surface area contributed by atoms with Gasteiger partial charge < -0.3 is 5.73 Å². The Morgan fingerprint density at radius 2 is 1.57 bits per heavy atom. The summed E-state index contributed by atoms with van der Waals surface area (Å²) in [6.07, 6.45) is 5.36. The van der Waals surface area contributed by atoms with E-state index in [2.05, 4.69) is 34.2 Å². The molecule has 4 fully saturated rings. The molecule has 6 nitrogen and oxygen atoms in total. The van der Waals surface area contributed by atoms with Crippen LogP contribution in [0.2, 0.25) is 0 Å². The second kappa shape index (κ2) is 11.4. The van der Waals surface area contributed by atoms with Gasteiger partial charge in [-0.15, -0.1) is 0 Å². The topological polar surface area (TPSA) is 78.7 Å². The number of fused-ring (bicyclic) bond motifs is 1. The molecule has 6 heteroatoms. The van der Waals surface area contributed by atoms with E-state index in [0.29, 0.717) is 12.8 Å². The third kappa shape index (κ3) is 6.24. The van der Waals surface area contributed by atoms with Crippen LogP contribution in [0.5, 0.6) is 0 Å². The van der Waals surface area contributed by atoms with Gasteiger partial charge in [-0.05, 0) is 67.2 Å². The van der Waals surface area contributed by atoms with Gasteiger partial charge in [0.05, 0.1) is 5.92 Å². The Morgan fingerprint density at radius 1 is 0.919 bits per heavy atom. The second-order valence-electron chi connectivity index (χ2n) is 11.7. The van der Waals surface area contributed by atoms with Crippen LogP contribution in [0, 0.1) is 24.7 Å². The minimum absolute atomic E-state index is 0.164. The molecule has 0 spiro atoms. The number of benzene rings is 2. The van der Waals surface area contributed by atoms with Gasteiger partial charge in [0.25, 0.3) is 0 Å². The van der Waals surface area contributed by atoms with E-state index < -0.39 is 0 Å². The minimum atomic E-state index is -0.171. The molecular weight excluding hydrogens is 460 g/mol. The number of nitrogens with one attached hydrogen (secondary N) is 1. The molecule has 3 unspecified atom stereocenters. The molecule has 4 aliphatic rings. The number of piperidine rings is 1. The lowest BCUT2D eigenvalue weighted by Gasteiger charge is -2.41. The summed E-state index contributed by atoms with van der Waals surface area (Å²) in [7, 11) is 0. The van der Waals surface area contributed by atoms with Crippen LogP contribution in [0.3, 0.4) is 0 Å². The van der Waals surface area contributed by atoms with E-state index in [1.165, 1.54) is 56.6 Å². The fourth-order valence-corrected chi connectivity index (χ4v) is 6.58. The molecule has 198 valence electrons. The normalized spacial score (nSPS) is 29.7. The van der Waals surface area contributed by atoms with Crippen molar-refractivity contribution in [3.05, 3.63) is 65.2 Å². The summed E-state index contributed by atoms with van der Waals surface area (Å²) in [6.45, 7) is 10.7. The zero-order chi connectivity index (χ0) is 25.9. The SMILES string of the molecule is CCC1CC(N2CC3CN(Cc4ccc(N)cc4)CC3C2)C1.Cc1ccc(C2CCC(=O)NC2=O)cc1. The molecule has 3 aliphatic heterocycles. The predicted molar refractivity (Wildman–Crippen MR) is 148 cm³/mol. The Morgan fingerprint density at radius 3 is 2.16 bits per heavy atom. The Bertz CT molecular complexity index is 1060. The number of nitrogen functional groups attached to an aromatic ring is 1. The number of carbonyl (C=O) groups is 2. The Kier molecular flexibility index (Phi) is 7.96. The number of imide groups is 1. The molecule has 2 aromatic rings. The molecule has 37 heavy (non-hydrogen) atoms. The molecule has 1 saturated carbocycles. The van der Waals surface area contributed by atoms with E-state index in [0.717, 1.165) is 41.6 Å². The summed E-state index contributed by atoms with van der Waals surface area (Å²) in [4.78, 5) is 28.0. The lowest BCUT2D eigenvalue weighted by atomic mass is 9.78. The van der Waals surface area contributed by atoms with Gasteiger partial charge in [-0.1, -0.05) is 55.3 Å². The Labute approximate surface area is 221 Å². The van der Waals surface area contributed by atoms with Crippen molar-refractivity contribution in [3.8, 4) is 0 Å². The molecule has 2 aromatic carbocycles. The van der Waals surface area contributed by atoms with Crippen molar-refractivity contribution in [1.29, 1.82) is 0 Å². The first-order chi connectivity index (χ1) is 17.9. The Balaban J connectivity index is 0.000000164. The summed E-state index contributed by atoms with van der Waals surface area (Å²) in [5.41, 5.74) is 10.2. The van der Waals surface area contributed by atoms with Gasteiger partial charge in [0, 0.05) is 50.9 Å². The van der Waals surface area contributed by atoms with Crippen molar-refractivity contribution < 1.29 is 9.59 Å². The highest BCUT2D eigenvalue weighted by Gasteiger charge is 2.44. The second-order valence-corrected chi connectivity index (χ2v) is 11.7. The summed E-state index contributed by atoms with van der Waals surface area (Å²) in [5.74, 6) is 2.35. The van der Waals surface area contributed by atoms with Crippen LogP contribution in [0.4, 0.5) is 5.69 Å². The fourth-order valence-electron chi connectivity index (χ4n) is 6.58. The highest BCUT2D eigenvalue weighted by Crippen LogP contribution is 2.40. The molecule has 3 saturated heterocycles. The van der Waals surface area contributed by atoms with Crippen molar-refractivity contribution in [1.82, 2.24) is 15.1 Å². The number of nitrogens with zero attached hydrogens (tertiary/aromatic N) is 2. The molecule has 3 atom stereocenters. The average molecular weight is 503 g/mol. The van der Waals surface area contributed by atoms with Crippen LogP contribution >= 0.6 is 0 Å². The first kappa shape index (κ1) is 25.9. The van der Waals surface area contributed by atoms with Crippen molar-refractivity contribution in [2.45, 2.75) is 64.5 Å². The number of likely N-dealkylation sites (tertiary alicyclic amines) is 2. The zero-order valence-corrected chi connectivity index (χ0v) is 22.4. The quantitative estimate of drug-likeness (QED) is 0.470. The van der Waals surface area contributed by atoms with Gasteiger partial charge in [-0.25, -0.2) is 0 Å². The van der Waals surface area contributed by atoms with Crippen LogP contribution in [-0.4, -0.2) is 53.8 Å². The lowest BCUT2D eigenvalue weighted by molar-refractivity contribution is -0.134. The first-order valence-electron chi connectivity index (χ1n) is 14.1. The zero-order valence-electron chi connectivity index (χ0n) is 22.4. The fraction of sp³-hybridized carbons (Fsp3) is 0.548. The summed E-state index contributed by atoms with van der Waals surface area (Å²) < 4.78 is 0. The molecular formula is C31H42N4O2. The molecule has 3 heterocycles. The van der Waals surface area contributed by atoms with Crippen LogP contribution in [0.25, 0.3) is 0 Å². The number of rotatable bonds is 5. The maximum absolute atomic E-state index is 11.6. The third-order valence-corrected chi connectivity index (χ3v) is 9.00. The van der Waals surface area contributed by atoms with Crippen molar-refractivity contribution in [3.63, 3.8) is 0 Å². The van der Waals surface area contributed by atoms with E-state index in [9.17, 15) is 9.59 Å². The summed E-state index contributed by atoms with van der Waals surface area (Å²) >= 11 is 0. The van der Waals surface area contributed by atoms with Gasteiger partial charge in [-0.3, -0.25) is 24.7 Å². The number of anilines is 1. The monoisotopic (exact) mass is 502 g/mol. The first-order valence-corrected chi connectivity index (χ1v) is 14.1. The van der Waals surface area contributed by atoms with E-state index >= 15 is 0 Å². The molecule has 0 bridgehead atoms. The lowest BCUT2D eigenvalue weighted by Crippen LogP contribution is -2.44. The van der Waals surface area contributed by atoms with E-state index in [1.54, 1.807) is 0 Å². The van der Waals surface area contributed by atoms with Gasteiger partial charge in [0.15, 0.2) is 0 Å². The number of nitrogens with two attached hydrogens (primary N) is 1.